The maximum absolute atomic E-state index is 13.9. The Hall–Kier alpha value is -3.59. The normalized spacial score (nSPS) is 27.2. The first-order chi connectivity index (χ1) is 17.5. The summed E-state index contributed by atoms with van der Waals surface area (Å²) in [6.07, 6.45) is -0.316. The van der Waals surface area contributed by atoms with Gasteiger partial charge in [0.25, 0.3) is 0 Å². The fraction of sp³-hybridized carbons (Fsp3) is 0.444. The number of amides is 3. The molecule has 3 amide bonds. The lowest BCUT2D eigenvalue weighted by molar-refractivity contribution is -0.141. The van der Waals surface area contributed by atoms with Gasteiger partial charge in [-0.05, 0) is 30.8 Å². The topological polar surface area (TPSA) is 91.4 Å². The molecule has 2 aromatic rings. The Morgan fingerprint density at radius 2 is 1.72 bits per heavy atom. The summed E-state index contributed by atoms with van der Waals surface area (Å²) >= 11 is 0. The summed E-state index contributed by atoms with van der Waals surface area (Å²) in [5, 5.41) is 2.98. The molecule has 0 aliphatic carbocycles. The van der Waals surface area contributed by atoms with Crippen molar-refractivity contribution in [2.75, 3.05) is 58.2 Å². The molecule has 4 aliphatic rings. The molecule has 1 spiro atoms. The van der Waals surface area contributed by atoms with Gasteiger partial charge in [0, 0.05) is 45.0 Å². The van der Waals surface area contributed by atoms with E-state index in [1.807, 2.05) is 60.5 Å². The van der Waals surface area contributed by atoms with Crippen molar-refractivity contribution in [2.24, 2.45) is 5.92 Å². The number of anilines is 1. The molecule has 36 heavy (non-hydrogen) atoms. The lowest BCUT2D eigenvalue weighted by Crippen LogP contribution is -2.54. The summed E-state index contributed by atoms with van der Waals surface area (Å²) in [4.78, 5) is 46.6. The van der Waals surface area contributed by atoms with Gasteiger partial charge in [0.05, 0.1) is 12.3 Å². The standard InChI is InChI=1S/C27H30N4O5/c1-29-10-12-30(13-11-29)25(33)20-15-31(17-27(20)19-6-2-3-7-21(19)28-26(27)34)24(32)14-18-16-35-22-8-4-5-9-23(22)36-18/h2-9,18,20H,10-17H2,1H3,(H,28,34). The van der Waals surface area contributed by atoms with Crippen LogP contribution in [0.15, 0.2) is 48.5 Å². The molecule has 9 heteroatoms. The van der Waals surface area contributed by atoms with E-state index in [9.17, 15) is 14.4 Å². The van der Waals surface area contributed by atoms with Crippen molar-refractivity contribution in [2.45, 2.75) is 17.9 Å². The average molecular weight is 491 g/mol. The number of carbonyl (C=O) groups excluding carboxylic acids is 3. The SMILES string of the molecule is CN1CCN(C(=O)C2CN(C(=O)CC3COc4ccccc4O3)CC23C(=O)Nc2ccccc23)CC1. The van der Waals surface area contributed by atoms with E-state index in [1.165, 1.54) is 0 Å². The van der Waals surface area contributed by atoms with Crippen LogP contribution in [0.1, 0.15) is 12.0 Å². The molecule has 0 aromatic heterocycles. The van der Waals surface area contributed by atoms with Gasteiger partial charge < -0.3 is 29.5 Å². The van der Waals surface area contributed by atoms with E-state index >= 15 is 0 Å². The van der Waals surface area contributed by atoms with Crippen molar-refractivity contribution in [3.63, 3.8) is 0 Å². The molecular weight excluding hydrogens is 460 g/mol. The number of ether oxygens (including phenoxy) is 2. The number of rotatable bonds is 3. The Balaban J connectivity index is 1.26. The van der Waals surface area contributed by atoms with Crippen LogP contribution in [-0.4, -0.2) is 91.4 Å². The van der Waals surface area contributed by atoms with Gasteiger partial charge in [-0.15, -0.1) is 0 Å². The number of likely N-dealkylation sites (N-methyl/N-ethyl adjacent to an activating group) is 1. The Bertz CT molecular complexity index is 1210. The number of likely N-dealkylation sites (tertiary alicyclic amines) is 1. The van der Waals surface area contributed by atoms with Crippen LogP contribution in [0.2, 0.25) is 0 Å². The molecular formula is C27H30N4O5. The Morgan fingerprint density at radius 3 is 2.53 bits per heavy atom. The average Bonchev–Trinajstić information content (AvgIpc) is 3.43. The summed E-state index contributed by atoms with van der Waals surface area (Å²) in [5.41, 5.74) is 0.418. The largest absolute Gasteiger partial charge is 0.486 e. The molecule has 4 aliphatic heterocycles. The van der Waals surface area contributed by atoms with Gasteiger partial charge >= 0.3 is 0 Å². The number of carbonyl (C=O) groups is 3. The van der Waals surface area contributed by atoms with Crippen LogP contribution in [0, 0.1) is 5.92 Å². The van der Waals surface area contributed by atoms with Crippen LogP contribution in [-0.2, 0) is 19.8 Å². The third-order valence-electron chi connectivity index (χ3n) is 7.93. The van der Waals surface area contributed by atoms with E-state index < -0.39 is 17.4 Å². The molecule has 0 saturated carbocycles. The molecule has 2 aromatic carbocycles. The number of nitrogens with zero attached hydrogens (tertiary/aromatic N) is 3. The molecule has 0 radical (unpaired) electrons. The number of piperazine rings is 1. The van der Waals surface area contributed by atoms with Crippen LogP contribution in [0.25, 0.3) is 0 Å². The molecule has 188 valence electrons. The molecule has 4 heterocycles. The lowest BCUT2D eigenvalue weighted by Gasteiger charge is -2.36. The van der Waals surface area contributed by atoms with Gasteiger partial charge in [0.1, 0.15) is 18.1 Å². The summed E-state index contributed by atoms with van der Waals surface area (Å²) < 4.78 is 11.8. The minimum atomic E-state index is -1.09. The molecule has 1 N–H and O–H groups in total. The highest BCUT2D eigenvalue weighted by atomic mass is 16.6. The third kappa shape index (κ3) is 3.69. The molecule has 6 rings (SSSR count). The van der Waals surface area contributed by atoms with E-state index in [2.05, 4.69) is 10.2 Å². The Kier molecular flexibility index (Phi) is 5.59. The second kappa shape index (κ2) is 8.81. The zero-order valence-electron chi connectivity index (χ0n) is 20.3. The summed E-state index contributed by atoms with van der Waals surface area (Å²) in [5.74, 6) is 0.227. The van der Waals surface area contributed by atoms with E-state index in [1.54, 1.807) is 4.90 Å². The summed E-state index contributed by atoms with van der Waals surface area (Å²) in [7, 11) is 2.04. The van der Waals surface area contributed by atoms with Crippen molar-refractivity contribution < 1.29 is 23.9 Å². The minimum absolute atomic E-state index is 0.0589. The number of fused-ring (bicyclic) bond motifs is 3. The van der Waals surface area contributed by atoms with Gasteiger partial charge in [-0.1, -0.05) is 30.3 Å². The highest BCUT2D eigenvalue weighted by Gasteiger charge is 2.61. The summed E-state index contributed by atoms with van der Waals surface area (Å²) in [6.45, 7) is 3.46. The summed E-state index contributed by atoms with van der Waals surface area (Å²) in [6, 6.07) is 14.9. The number of para-hydroxylation sites is 3. The monoisotopic (exact) mass is 490 g/mol. The molecule has 3 atom stereocenters. The maximum atomic E-state index is 13.9. The van der Waals surface area contributed by atoms with Crippen LogP contribution in [0.5, 0.6) is 11.5 Å². The number of benzene rings is 2. The fourth-order valence-corrected chi connectivity index (χ4v) is 5.91. The smallest absolute Gasteiger partial charge is 0.237 e. The number of hydrogen-bond acceptors (Lipinski definition) is 6. The zero-order chi connectivity index (χ0) is 24.9. The minimum Gasteiger partial charge on any atom is -0.486 e. The maximum Gasteiger partial charge on any atom is 0.237 e. The van der Waals surface area contributed by atoms with Crippen LogP contribution in [0.4, 0.5) is 5.69 Å². The molecule has 2 saturated heterocycles. The Labute approximate surface area is 209 Å². The van der Waals surface area contributed by atoms with Gasteiger partial charge in [-0.25, -0.2) is 0 Å². The first-order valence-electron chi connectivity index (χ1n) is 12.5. The second-order valence-electron chi connectivity index (χ2n) is 10.1. The van der Waals surface area contributed by atoms with Crippen LogP contribution >= 0.6 is 0 Å². The lowest BCUT2D eigenvalue weighted by atomic mass is 9.72. The number of nitrogens with one attached hydrogen (secondary N) is 1. The van der Waals surface area contributed by atoms with Crippen molar-refractivity contribution in [3.05, 3.63) is 54.1 Å². The van der Waals surface area contributed by atoms with Gasteiger partial charge in [0.15, 0.2) is 11.5 Å². The van der Waals surface area contributed by atoms with E-state index in [-0.39, 0.29) is 43.8 Å². The Morgan fingerprint density at radius 1 is 1.00 bits per heavy atom. The van der Waals surface area contributed by atoms with E-state index in [0.29, 0.717) is 30.3 Å². The third-order valence-corrected chi connectivity index (χ3v) is 7.93. The highest BCUT2D eigenvalue weighted by molar-refractivity contribution is 6.10. The van der Waals surface area contributed by atoms with Crippen molar-refractivity contribution in [3.8, 4) is 11.5 Å². The molecule has 0 bridgehead atoms. The molecule has 2 fully saturated rings. The predicted octanol–water partition coefficient (Wildman–Crippen LogP) is 1.34. The molecule has 3 unspecified atom stereocenters. The van der Waals surface area contributed by atoms with Gasteiger partial charge in [0.2, 0.25) is 17.7 Å². The fourth-order valence-electron chi connectivity index (χ4n) is 5.91. The van der Waals surface area contributed by atoms with E-state index in [4.69, 9.17) is 9.47 Å². The predicted molar refractivity (Wildman–Crippen MR) is 132 cm³/mol. The second-order valence-corrected chi connectivity index (χ2v) is 10.1. The first kappa shape index (κ1) is 22.8. The van der Waals surface area contributed by atoms with Crippen molar-refractivity contribution >= 4 is 23.4 Å². The number of hydrogen-bond donors (Lipinski definition) is 1. The van der Waals surface area contributed by atoms with Crippen molar-refractivity contribution in [1.29, 1.82) is 0 Å². The van der Waals surface area contributed by atoms with Crippen LogP contribution < -0.4 is 14.8 Å². The van der Waals surface area contributed by atoms with Gasteiger partial charge in [-0.2, -0.15) is 0 Å². The zero-order valence-corrected chi connectivity index (χ0v) is 20.3. The highest BCUT2D eigenvalue weighted by Crippen LogP contribution is 2.48. The van der Waals surface area contributed by atoms with Crippen molar-refractivity contribution in [1.82, 2.24) is 14.7 Å². The van der Waals surface area contributed by atoms with E-state index in [0.717, 1.165) is 18.7 Å². The first-order valence-corrected chi connectivity index (χ1v) is 12.5. The van der Waals surface area contributed by atoms with Gasteiger partial charge in [-0.3, -0.25) is 14.4 Å². The quantitative estimate of drug-likeness (QED) is 0.698. The van der Waals surface area contributed by atoms with Crippen LogP contribution in [0.3, 0.4) is 0 Å². The molecule has 9 nitrogen and oxygen atoms in total.